The average Bonchev–Trinajstić information content (AvgIpc) is 3.55. The summed E-state index contributed by atoms with van der Waals surface area (Å²) in [6.45, 7) is 4.46. The van der Waals surface area contributed by atoms with Crippen molar-refractivity contribution >= 4 is 99.9 Å². The fourth-order valence-corrected chi connectivity index (χ4v) is 10.1. The molecule has 0 fully saturated rings. The molecule has 0 radical (unpaired) electrons. The van der Waals surface area contributed by atoms with Crippen LogP contribution in [0, 0.1) is 5.82 Å². The van der Waals surface area contributed by atoms with E-state index in [1.54, 1.807) is 28.7 Å². The van der Waals surface area contributed by atoms with Crippen molar-refractivity contribution in [3.63, 3.8) is 0 Å². The normalized spacial score (nSPS) is 12.6. The van der Waals surface area contributed by atoms with Crippen molar-refractivity contribution in [1.82, 2.24) is 8.75 Å². The van der Waals surface area contributed by atoms with Gasteiger partial charge in [-0.1, -0.05) is 75.0 Å². The molecule has 0 saturated heterocycles. The Morgan fingerprint density at radius 1 is 0.886 bits per heavy atom. The van der Waals surface area contributed by atoms with Crippen LogP contribution < -0.4 is 0 Å². The molecular formula is C26H28Br2FIN2S3. The van der Waals surface area contributed by atoms with E-state index in [0.29, 0.717) is 15.0 Å². The zero-order chi connectivity index (χ0) is 24.9. The molecule has 4 aromatic rings. The zero-order valence-electron chi connectivity index (χ0n) is 19.8. The number of alkyl halides is 1. The van der Waals surface area contributed by atoms with Gasteiger partial charge in [-0.2, -0.15) is 8.75 Å². The van der Waals surface area contributed by atoms with Crippen LogP contribution in [0.4, 0.5) is 4.39 Å². The van der Waals surface area contributed by atoms with Crippen molar-refractivity contribution in [2.24, 2.45) is 0 Å². The Bertz CT molecular complexity index is 1280. The maximum absolute atomic E-state index is 15.7. The Balaban J connectivity index is 1.67. The van der Waals surface area contributed by atoms with Crippen LogP contribution in [0.15, 0.2) is 25.8 Å². The number of aromatic nitrogens is 2. The molecule has 4 rings (SSSR count). The molecule has 0 bridgehead atoms. The van der Waals surface area contributed by atoms with Crippen molar-refractivity contribution in [3.05, 3.63) is 42.7 Å². The second kappa shape index (κ2) is 13.2. The van der Waals surface area contributed by atoms with E-state index in [9.17, 15) is 0 Å². The summed E-state index contributed by atoms with van der Waals surface area (Å²) in [6.07, 6.45) is 10.8. The molecule has 35 heavy (non-hydrogen) atoms. The highest BCUT2D eigenvalue weighted by Gasteiger charge is 2.23. The lowest BCUT2D eigenvalue weighted by Crippen LogP contribution is -1.90. The molecule has 1 unspecified atom stereocenters. The van der Waals surface area contributed by atoms with Crippen molar-refractivity contribution < 1.29 is 4.39 Å². The van der Waals surface area contributed by atoms with Gasteiger partial charge in [0, 0.05) is 19.2 Å². The van der Waals surface area contributed by atoms with Gasteiger partial charge >= 0.3 is 0 Å². The van der Waals surface area contributed by atoms with E-state index in [1.807, 2.05) is 0 Å². The topological polar surface area (TPSA) is 25.8 Å². The predicted octanol–water partition coefficient (Wildman–Crippen LogP) is 12.0. The summed E-state index contributed by atoms with van der Waals surface area (Å²) in [7, 11) is 0. The highest BCUT2D eigenvalue weighted by atomic mass is 127. The Kier molecular flexibility index (Phi) is 10.6. The molecule has 0 aliphatic rings. The van der Waals surface area contributed by atoms with Gasteiger partial charge in [0.05, 0.1) is 24.9 Å². The molecule has 2 nitrogen and oxygen atoms in total. The molecule has 3 heterocycles. The second-order valence-corrected chi connectivity index (χ2v) is 15.5. The highest BCUT2D eigenvalue weighted by molar-refractivity contribution is 14.1. The third kappa shape index (κ3) is 6.56. The van der Waals surface area contributed by atoms with Gasteiger partial charge in [-0.15, -0.1) is 22.7 Å². The first-order valence-electron chi connectivity index (χ1n) is 12.1. The number of halogens is 4. The first-order chi connectivity index (χ1) is 16.9. The van der Waals surface area contributed by atoms with Gasteiger partial charge in [0.15, 0.2) is 0 Å². The van der Waals surface area contributed by atoms with E-state index in [0.717, 1.165) is 53.0 Å². The Labute approximate surface area is 249 Å². The van der Waals surface area contributed by atoms with E-state index >= 15 is 4.39 Å². The standard InChI is InChI=1S/C26H28Br2FIN2S3/c1-3-5-7-9-10-15-12-20(33-25(15)27)17-13-18(29)22(24-23(17)31-35-32-24)21-14-16(26(28)34-21)19(30)11-8-6-4-2/h12-14,19H,3-11H2,1-2H3. The van der Waals surface area contributed by atoms with E-state index < -0.39 is 0 Å². The van der Waals surface area contributed by atoms with Crippen molar-refractivity contribution in [1.29, 1.82) is 0 Å². The lowest BCUT2D eigenvalue weighted by molar-refractivity contribution is 0.633. The molecule has 0 N–H and O–H groups in total. The number of fused-ring (bicyclic) bond motifs is 1. The van der Waals surface area contributed by atoms with Crippen LogP contribution in [0.2, 0.25) is 0 Å². The quantitative estimate of drug-likeness (QED) is 0.0815. The van der Waals surface area contributed by atoms with Gasteiger partial charge in [-0.05, 0) is 80.4 Å². The van der Waals surface area contributed by atoms with Crippen molar-refractivity contribution in [2.75, 3.05) is 0 Å². The van der Waals surface area contributed by atoms with E-state index in [1.165, 1.54) is 56.1 Å². The van der Waals surface area contributed by atoms with Gasteiger partial charge < -0.3 is 0 Å². The third-order valence-corrected chi connectivity index (χ3v) is 11.9. The lowest BCUT2D eigenvalue weighted by Gasteiger charge is -2.08. The average molecular weight is 770 g/mol. The molecule has 0 aliphatic carbocycles. The summed E-state index contributed by atoms with van der Waals surface area (Å²) in [5.41, 5.74) is 5.40. The SMILES string of the molecule is CCCCCCc1cc(-c2cc(F)c(-c3cc(C(I)CCCCC)c(Br)s3)c3nsnc23)sc1Br. The number of hydrogen-bond donors (Lipinski definition) is 0. The van der Waals surface area contributed by atoms with Crippen LogP contribution in [-0.4, -0.2) is 8.75 Å². The third-order valence-electron chi connectivity index (χ3n) is 6.17. The fourth-order valence-electron chi connectivity index (χ4n) is 4.23. The largest absolute Gasteiger partial charge is 0.206 e. The number of nitrogens with zero attached hydrogens (tertiary/aromatic N) is 2. The first kappa shape index (κ1) is 28.1. The Hall–Kier alpha value is 0.0600. The van der Waals surface area contributed by atoms with Crippen molar-refractivity contribution in [3.8, 4) is 20.9 Å². The second-order valence-electron chi connectivity index (χ2n) is 8.77. The molecule has 1 atom stereocenters. The first-order valence-corrected chi connectivity index (χ1v) is 17.3. The minimum atomic E-state index is -0.231. The molecule has 0 saturated carbocycles. The number of hydrogen-bond acceptors (Lipinski definition) is 5. The van der Waals surface area contributed by atoms with Gasteiger partial charge in [0.2, 0.25) is 0 Å². The number of aryl methyl sites for hydroxylation is 1. The Morgan fingerprint density at radius 3 is 2.37 bits per heavy atom. The summed E-state index contributed by atoms with van der Waals surface area (Å²) in [4.78, 5) is 1.96. The Morgan fingerprint density at radius 2 is 1.60 bits per heavy atom. The number of unbranched alkanes of at least 4 members (excludes halogenated alkanes) is 5. The van der Waals surface area contributed by atoms with Crippen LogP contribution in [0.25, 0.3) is 31.9 Å². The molecular weight excluding hydrogens is 742 g/mol. The molecule has 9 heteroatoms. The summed E-state index contributed by atoms with van der Waals surface area (Å²) >= 11 is 14.4. The van der Waals surface area contributed by atoms with Gasteiger partial charge in [-0.25, -0.2) is 4.39 Å². The molecule has 1 aromatic carbocycles. The maximum Gasteiger partial charge on any atom is 0.134 e. The molecule has 0 amide bonds. The van der Waals surface area contributed by atoms with Crippen LogP contribution in [-0.2, 0) is 6.42 Å². The molecule has 0 spiro atoms. The number of rotatable bonds is 12. The molecule has 3 aromatic heterocycles. The molecule has 0 aliphatic heterocycles. The fraction of sp³-hybridized carbons (Fsp3) is 0.462. The van der Waals surface area contributed by atoms with Crippen LogP contribution in [0.5, 0.6) is 0 Å². The smallest absolute Gasteiger partial charge is 0.134 e. The minimum absolute atomic E-state index is 0.231. The highest BCUT2D eigenvalue weighted by Crippen LogP contribution is 2.47. The lowest BCUT2D eigenvalue weighted by atomic mass is 10.0. The monoisotopic (exact) mass is 768 g/mol. The van der Waals surface area contributed by atoms with Gasteiger partial charge in [0.25, 0.3) is 0 Å². The number of thiophene rings is 2. The van der Waals surface area contributed by atoms with Crippen LogP contribution in [0.1, 0.15) is 80.3 Å². The van der Waals surface area contributed by atoms with Gasteiger partial charge in [0.1, 0.15) is 16.9 Å². The maximum atomic E-state index is 15.7. The van der Waals surface area contributed by atoms with Crippen LogP contribution in [0.3, 0.4) is 0 Å². The van der Waals surface area contributed by atoms with Crippen molar-refractivity contribution in [2.45, 2.75) is 75.6 Å². The van der Waals surface area contributed by atoms with Crippen LogP contribution >= 0.6 is 88.9 Å². The van der Waals surface area contributed by atoms with Gasteiger partial charge in [-0.3, -0.25) is 0 Å². The summed E-state index contributed by atoms with van der Waals surface area (Å²) in [5.74, 6) is -0.231. The summed E-state index contributed by atoms with van der Waals surface area (Å²) in [6, 6.07) is 6.00. The zero-order valence-corrected chi connectivity index (χ0v) is 27.6. The molecule has 188 valence electrons. The summed E-state index contributed by atoms with van der Waals surface area (Å²) in [5, 5.41) is 0. The summed E-state index contributed by atoms with van der Waals surface area (Å²) < 4.78 is 27.5. The predicted molar refractivity (Wildman–Crippen MR) is 168 cm³/mol. The van der Waals surface area contributed by atoms with E-state index in [-0.39, 0.29) is 5.82 Å². The minimum Gasteiger partial charge on any atom is -0.206 e. The number of benzene rings is 1. The van der Waals surface area contributed by atoms with E-state index in [2.05, 4.69) is 89.2 Å². The van der Waals surface area contributed by atoms with E-state index in [4.69, 9.17) is 0 Å².